The van der Waals surface area contributed by atoms with Gasteiger partial charge in [-0.1, -0.05) is 0 Å². The summed E-state index contributed by atoms with van der Waals surface area (Å²) in [5.74, 6) is -0.748. The highest BCUT2D eigenvalue weighted by Gasteiger charge is 2.24. The van der Waals surface area contributed by atoms with Crippen molar-refractivity contribution < 1.29 is 19.2 Å². The van der Waals surface area contributed by atoms with Crippen LogP contribution >= 0.6 is 0 Å². The lowest BCUT2D eigenvalue weighted by atomic mass is 10.1. The summed E-state index contributed by atoms with van der Waals surface area (Å²) in [4.78, 5) is 22.2. The Labute approximate surface area is 119 Å². The molecular weight excluding hydrogens is 278 g/mol. The molecule has 1 atom stereocenters. The summed E-state index contributed by atoms with van der Waals surface area (Å²) in [5, 5.41) is 16.1. The molecule has 1 fully saturated rings. The van der Waals surface area contributed by atoms with E-state index < -0.39 is 10.9 Å². The number of ether oxygens (including phenoxy) is 2. The van der Waals surface area contributed by atoms with Gasteiger partial charge < -0.3 is 9.47 Å². The van der Waals surface area contributed by atoms with Crippen molar-refractivity contribution in [3.8, 4) is 0 Å². The molecule has 3 rings (SSSR count). The standard InChI is InChI=1S/C13H13N3O5/c1-20-13(17)10-5-11-8(4-12(10)16(18)19)6-15(14-11)9-2-3-21-7-9/h4-6,9H,2-3,7H2,1H3/t9-/m1/s1. The van der Waals surface area contributed by atoms with Gasteiger partial charge >= 0.3 is 5.97 Å². The SMILES string of the molecule is COC(=O)c1cc2nn([C@@H]3CCOC3)cc2cc1[N+](=O)[O-]. The predicted octanol–water partition coefficient (Wildman–Crippen LogP) is 1.69. The molecule has 0 aliphatic carbocycles. The Morgan fingerprint density at radius 3 is 3.00 bits per heavy atom. The summed E-state index contributed by atoms with van der Waals surface area (Å²) < 4.78 is 11.6. The molecule has 0 unspecified atom stereocenters. The van der Waals surface area contributed by atoms with E-state index in [0.29, 0.717) is 24.1 Å². The Bertz CT molecular complexity index is 718. The minimum atomic E-state index is -0.748. The van der Waals surface area contributed by atoms with Crippen molar-refractivity contribution in [2.24, 2.45) is 0 Å². The van der Waals surface area contributed by atoms with E-state index in [2.05, 4.69) is 9.84 Å². The van der Waals surface area contributed by atoms with Crippen LogP contribution < -0.4 is 0 Å². The molecule has 1 aromatic heterocycles. The third kappa shape index (κ3) is 2.33. The largest absolute Gasteiger partial charge is 0.465 e. The number of benzene rings is 1. The maximum atomic E-state index is 11.7. The lowest BCUT2D eigenvalue weighted by Gasteiger charge is -2.06. The van der Waals surface area contributed by atoms with Gasteiger partial charge in [-0.3, -0.25) is 14.8 Å². The number of carbonyl (C=O) groups excluding carboxylic acids is 1. The molecule has 2 heterocycles. The molecule has 21 heavy (non-hydrogen) atoms. The van der Waals surface area contributed by atoms with Crippen LogP contribution in [-0.4, -0.2) is 41.0 Å². The molecule has 0 radical (unpaired) electrons. The Morgan fingerprint density at radius 1 is 1.57 bits per heavy atom. The fraction of sp³-hybridized carbons (Fsp3) is 0.385. The van der Waals surface area contributed by atoms with Gasteiger partial charge in [-0.25, -0.2) is 4.79 Å². The van der Waals surface area contributed by atoms with Crippen LogP contribution in [0.2, 0.25) is 0 Å². The first kappa shape index (κ1) is 13.5. The van der Waals surface area contributed by atoms with E-state index in [4.69, 9.17) is 4.74 Å². The quantitative estimate of drug-likeness (QED) is 0.485. The van der Waals surface area contributed by atoms with Crippen molar-refractivity contribution >= 4 is 22.6 Å². The molecule has 1 aliphatic heterocycles. The number of nitro benzene ring substituents is 1. The highest BCUT2D eigenvalue weighted by molar-refractivity contribution is 5.99. The molecular formula is C13H13N3O5. The normalized spacial score (nSPS) is 18.0. The van der Waals surface area contributed by atoms with Crippen LogP contribution in [0.15, 0.2) is 18.3 Å². The van der Waals surface area contributed by atoms with Gasteiger partial charge in [0.2, 0.25) is 0 Å². The first-order chi connectivity index (χ1) is 10.1. The third-order valence-electron chi connectivity index (χ3n) is 3.52. The molecule has 0 spiro atoms. The maximum Gasteiger partial charge on any atom is 0.344 e. The van der Waals surface area contributed by atoms with Crippen molar-refractivity contribution in [2.45, 2.75) is 12.5 Å². The zero-order valence-electron chi connectivity index (χ0n) is 11.3. The molecule has 0 amide bonds. The zero-order chi connectivity index (χ0) is 15.0. The lowest BCUT2D eigenvalue weighted by molar-refractivity contribution is -0.385. The molecule has 0 saturated carbocycles. The van der Waals surface area contributed by atoms with Crippen LogP contribution in [0.25, 0.3) is 10.9 Å². The van der Waals surface area contributed by atoms with Crippen molar-refractivity contribution in [3.63, 3.8) is 0 Å². The van der Waals surface area contributed by atoms with E-state index in [1.54, 1.807) is 10.9 Å². The predicted molar refractivity (Wildman–Crippen MR) is 72.2 cm³/mol. The molecule has 110 valence electrons. The third-order valence-corrected chi connectivity index (χ3v) is 3.52. The number of esters is 1. The number of fused-ring (bicyclic) bond motifs is 1. The molecule has 1 aromatic carbocycles. The number of rotatable bonds is 3. The fourth-order valence-corrected chi connectivity index (χ4v) is 2.42. The highest BCUT2D eigenvalue weighted by Crippen LogP contribution is 2.28. The minimum Gasteiger partial charge on any atom is -0.465 e. The average molecular weight is 291 g/mol. The summed E-state index contributed by atoms with van der Waals surface area (Å²) in [5.41, 5.74) is 0.146. The number of hydrogen-bond acceptors (Lipinski definition) is 6. The number of aromatic nitrogens is 2. The maximum absolute atomic E-state index is 11.7. The van der Waals surface area contributed by atoms with E-state index >= 15 is 0 Å². The second-order valence-corrected chi connectivity index (χ2v) is 4.80. The Balaban J connectivity index is 2.12. The second-order valence-electron chi connectivity index (χ2n) is 4.80. The van der Waals surface area contributed by atoms with Crippen LogP contribution in [0.4, 0.5) is 5.69 Å². The fourth-order valence-electron chi connectivity index (χ4n) is 2.42. The smallest absolute Gasteiger partial charge is 0.344 e. The van der Waals surface area contributed by atoms with Crippen LogP contribution in [0.5, 0.6) is 0 Å². The molecule has 2 aromatic rings. The van der Waals surface area contributed by atoms with Gasteiger partial charge in [-0.15, -0.1) is 0 Å². The molecule has 1 aliphatic rings. The van der Waals surface area contributed by atoms with E-state index in [9.17, 15) is 14.9 Å². The second kappa shape index (κ2) is 5.13. The monoisotopic (exact) mass is 291 g/mol. The van der Waals surface area contributed by atoms with Crippen LogP contribution in [0.3, 0.4) is 0 Å². The van der Waals surface area contributed by atoms with E-state index in [1.165, 1.54) is 19.2 Å². The number of nitrogens with zero attached hydrogens (tertiary/aromatic N) is 3. The van der Waals surface area contributed by atoms with E-state index in [-0.39, 0.29) is 17.3 Å². The van der Waals surface area contributed by atoms with Gasteiger partial charge in [0.1, 0.15) is 5.56 Å². The summed E-state index contributed by atoms with van der Waals surface area (Å²) in [6, 6.07) is 2.87. The zero-order valence-corrected chi connectivity index (χ0v) is 11.3. The Morgan fingerprint density at radius 2 is 2.38 bits per heavy atom. The van der Waals surface area contributed by atoms with Gasteiger partial charge in [0.05, 0.1) is 30.2 Å². The first-order valence-corrected chi connectivity index (χ1v) is 6.43. The van der Waals surface area contributed by atoms with Gasteiger partial charge in [0, 0.05) is 24.3 Å². The number of methoxy groups -OCH3 is 1. The van der Waals surface area contributed by atoms with Crippen molar-refractivity contribution in [3.05, 3.63) is 34.0 Å². The van der Waals surface area contributed by atoms with Gasteiger partial charge in [-0.2, -0.15) is 5.10 Å². The van der Waals surface area contributed by atoms with Crippen molar-refractivity contribution in [1.29, 1.82) is 0 Å². The Kier molecular flexibility index (Phi) is 3.30. The van der Waals surface area contributed by atoms with E-state index in [0.717, 1.165) is 6.42 Å². The van der Waals surface area contributed by atoms with Gasteiger partial charge in [0.25, 0.3) is 5.69 Å². The number of nitro groups is 1. The summed E-state index contributed by atoms with van der Waals surface area (Å²) in [7, 11) is 1.19. The van der Waals surface area contributed by atoms with Crippen LogP contribution in [-0.2, 0) is 9.47 Å². The Hall–Kier alpha value is -2.48. The summed E-state index contributed by atoms with van der Waals surface area (Å²) in [6.45, 7) is 1.24. The lowest BCUT2D eigenvalue weighted by Crippen LogP contribution is -2.08. The van der Waals surface area contributed by atoms with E-state index in [1.807, 2.05) is 0 Å². The molecule has 0 N–H and O–H groups in total. The van der Waals surface area contributed by atoms with Gasteiger partial charge in [0.15, 0.2) is 0 Å². The molecule has 1 saturated heterocycles. The topological polar surface area (TPSA) is 96.5 Å². The molecule has 0 bridgehead atoms. The summed E-state index contributed by atoms with van der Waals surface area (Å²) in [6.07, 6.45) is 2.59. The number of carbonyl (C=O) groups is 1. The highest BCUT2D eigenvalue weighted by atomic mass is 16.6. The van der Waals surface area contributed by atoms with Gasteiger partial charge in [-0.05, 0) is 12.5 Å². The van der Waals surface area contributed by atoms with Crippen molar-refractivity contribution in [2.75, 3.05) is 20.3 Å². The minimum absolute atomic E-state index is 0.0945. The van der Waals surface area contributed by atoms with Crippen molar-refractivity contribution in [1.82, 2.24) is 9.78 Å². The molecule has 8 nitrogen and oxygen atoms in total. The van der Waals surface area contributed by atoms with Crippen LogP contribution in [0.1, 0.15) is 22.8 Å². The number of hydrogen-bond donors (Lipinski definition) is 0. The molecule has 8 heteroatoms. The van der Waals surface area contributed by atoms with Crippen LogP contribution in [0, 0.1) is 10.1 Å². The summed E-state index contributed by atoms with van der Waals surface area (Å²) >= 11 is 0. The first-order valence-electron chi connectivity index (χ1n) is 6.43. The average Bonchev–Trinajstić information content (AvgIpc) is 3.12.